The zero-order chi connectivity index (χ0) is 13.8. The smallest absolute Gasteiger partial charge is 0.253 e. The fraction of sp³-hybridized carbons (Fsp3) is 0.267. The van der Waals surface area contributed by atoms with E-state index in [-0.39, 0.29) is 11.9 Å². The van der Waals surface area contributed by atoms with E-state index < -0.39 is 0 Å². The second kappa shape index (κ2) is 6.52. The highest BCUT2D eigenvalue weighted by molar-refractivity contribution is 14.1. The third-order valence-corrected chi connectivity index (χ3v) is 4.70. The lowest BCUT2D eigenvalue weighted by molar-refractivity contribution is 0.0744. The first kappa shape index (κ1) is 14.5. The van der Waals surface area contributed by atoms with Crippen molar-refractivity contribution in [1.82, 2.24) is 4.90 Å². The van der Waals surface area contributed by atoms with Gasteiger partial charge in [0.2, 0.25) is 0 Å². The number of hydrogen-bond acceptors (Lipinski definition) is 2. The maximum Gasteiger partial charge on any atom is 0.253 e. The van der Waals surface area contributed by atoms with Crippen molar-refractivity contribution in [2.45, 2.75) is 19.4 Å². The molecule has 1 atom stereocenters. The van der Waals surface area contributed by atoms with Gasteiger partial charge < -0.3 is 4.90 Å². The van der Waals surface area contributed by atoms with E-state index in [1.54, 1.807) is 11.3 Å². The molecule has 0 fully saturated rings. The van der Waals surface area contributed by atoms with Gasteiger partial charge in [-0.2, -0.15) is 0 Å². The Morgan fingerprint density at radius 3 is 2.79 bits per heavy atom. The summed E-state index contributed by atoms with van der Waals surface area (Å²) in [6.45, 7) is 2.09. The maximum atomic E-state index is 12.4. The van der Waals surface area contributed by atoms with Crippen molar-refractivity contribution >= 4 is 39.8 Å². The van der Waals surface area contributed by atoms with Gasteiger partial charge >= 0.3 is 0 Å². The van der Waals surface area contributed by atoms with Crippen LogP contribution < -0.4 is 0 Å². The molecule has 2 nitrogen and oxygen atoms in total. The molecule has 1 heterocycles. The van der Waals surface area contributed by atoms with E-state index in [0.29, 0.717) is 0 Å². The van der Waals surface area contributed by atoms with Crippen molar-refractivity contribution in [3.8, 4) is 0 Å². The Morgan fingerprint density at radius 1 is 1.37 bits per heavy atom. The molecule has 0 N–H and O–H groups in total. The van der Waals surface area contributed by atoms with Gasteiger partial charge in [-0.25, -0.2) is 0 Å². The van der Waals surface area contributed by atoms with Gasteiger partial charge in [-0.3, -0.25) is 4.79 Å². The summed E-state index contributed by atoms with van der Waals surface area (Å²) in [6.07, 6.45) is 0.907. The fourth-order valence-electron chi connectivity index (χ4n) is 1.88. The van der Waals surface area contributed by atoms with Crippen LogP contribution in [0.15, 0.2) is 41.8 Å². The van der Waals surface area contributed by atoms with Gasteiger partial charge in [0.1, 0.15) is 0 Å². The Labute approximate surface area is 131 Å². The second-order valence-electron chi connectivity index (χ2n) is 4.56. The highest BCUT2D eigenvalue weighted by Gasteiger charge is 2.18. The van der Waals surface area contributed by atoms with Crippen LogP contribution in [0.25, 0.3) is 0 Å². The van der Waals surface area contributed by atoms with Crippen LogP contribution in [0.2, 0.25) is 0 Å². The molecule has 0 radical (unpaired) electrons. The Bertz CT molecular complexity index is 553. The first-order chi connectivity index (χ1) is 9.08. The highest BCUT2D eigenvalue weighted by Crippen LogP contribution is 2.16. The number of carbonyl (C=O) groups is 1. The summed E-state index contributed by atoms with van der Waals surface area (Å²) in [7, 11) is 1.88. The van der Waals surface area contributed by atoms with Gasteiger partial charge in [0, 0.05) is 33.5 Å². The summed E-state index contributed by atoms with van der Waals surface area (Å²) in [5, 5.41) is 2.07. The average molecular weight is 385 g/mol. The number of benzene rings is 1. The monoisotopic (exact) mass is 385 g/mol. The molecule has 0 saturated carbocycles. The van der Waals surface area contributed by atoms with Gasteiger partial charge in [-0.15, -0.1) is 11.3 Å². The SMILES string of the molecule is CC(Cc1cccs1)N(C)C(=O)c1cccc(I)c1. The summed E-state index contributed by atoms with van der Waals surface area (Å²) in [6, 6.07) is 12.1. The van der Waals surface area contributed by atoms with Gasteiger partial charge in [-0.1, -0.05) is 12.1 Å². The van der Waals surface area contributed by atoms with Crippen LogP contribution in [0.3, 0.4) is 0 Å². The number of amides is 1. The minimum atomic E-state index is 0.0857. The van der Waals surface area contributed by atoms with Crippen LogP contribution in [0, 0.1) is 3.57 Å². The lowest BCUT2D eigenvalue weighted by Gasteiger charge is -2.24. The number of thiophene rings is 1. The summed E-state index contributed by atoms with van der Waals surface area (Å²) in [5.41, 5.74) is 0.757. The molecule has 0 spiro atoms. The van der Waals surface area contributed by atoms with E-state index in [1.165, 1.54) is 4.88 Å². The molecule has 2 rings (SSSR count). The molecule has 1 unspecified atom stereocenters. The molecule has 4 heteroatoms. The minimum absolute atomic E-state index is 0.0857. The number of hydrogen-bond donors (Lipinski definition) is 0. The van der Waals surface area contributed by atoms with E-state index in [1.807, 2.05) is 42.3 Å². The number of carbonyl (C=O) groups excluding carboxylic acids is 1. The van der Waals surface area contributed by atoms with Crippen molar-refractivity contribution in [3.05, 3.63) is 55.8 Å². The Balaban J connectivity index is 2.06. The molecule has 0 bridgehead atoms. The predicted molar refractivity (Wildman–Crippen MR) is 88.7 cm³/mol. The molecular formula is C15H16INOS. The standard InChI is InChI=1S/C15H16INOS/c1-11(9-14-7-4-8-19-14)17(2)15(18)12-5-3-6-13(16)10-12/h3-8,10-11H,9H2,1-2H3. The molecule has 0 saturated heterocycles. The van der Waals surface area contributed by atoms with E-state index >= 15 is 0 Å². The normalized spacial score (nSPS) is 12.2. The largest absolute Gasteiger partial charge is 0.339 e. The van der Waals surface area contributed by atoms with Crippen LogP contribution >= 0.6 is 33.9 Å². The molecule has 1 amide bonds. The van der Waals surface area contributed by atoms with Gasteiger partial charge in [0.25, 0.3) is 5.91 Å². The van der Waals surface area contributed by atoms with Crippen LogP contribution in [0.4, 0.5) is 0 Å². The molecule has 0 aliphatic heterocycles. The van der Waals surface area contributed by atoms with E-state index in [4.69, 9.17) is 0 Å². The summed E-state index contributed by atoms with van der Waals surface area (Å²) in [5.74, 6) is 0.0857. The van der Waals surface area contributed by atoms with Gasteiger partial charge in [0.15, 0.2) is 0 Å². The van der Waals surface area contributed by atoms with Gasteiger partial charge in [-0.05, 0) is 59.2 Å². The Kier molecular flexibility index (Phi) is 4.99. The zero-order valence-electron chi connectivity index (χ0n) is 11.0. The van der Waals surface area contributed by atoms with Crippen LogP contribution in [-0.2, 0) is 6.42 Å². The molecule has 100 valence electrons. The molecule has 0 aliphatic carbocycles. The number of rotatable bonds is 4. The van der Waals surface area contributed by atoms with Crippen LogP contribution in [0.5, 0.6) is 0 Å². The van der Waals surface area contributed by atoms with Crippen molar-refractivity contribution in [3.63, 3.8) is 0 Å². The lowest BCUT2D eigenvalue weighted by atomic mass is 10.1. The number of nitrogens with zero attached hydrogens (tertiary/aromatic N) is 1. The predicted octanol–water partition coefficient (Wildman–Crippen LogP) is 4.06. The number of halogens is 1. The molecular weight excluding hydrogens is 369 g/mol. The van der Waals surface area contributed by atoms with Crippen molar-refractivity contribution in [2.75, 3.05) is 7.05 Å². The van der Waals surface area contributed by atoms with Crippen molar-refractivity contribution in [2.24, 2.45) is 0 Å². The Hall–Kier alpha value is -0.880. The molecule has 1 aromatic carbocycles. The minimum Gasteiger partial charge on any atom is -0.339 e. The first-order valence-electron chi connectivity index (χ1n) is 6.13. The molecule has 19 heavy (non-hydrogen) atoms. The molecule has 2 aromatic rings. The molecule has 0 aliphatic rings. The zero-order valence-corrected chi connectivity index (χ0v) is 13.9. The van der Waals surface area contributed by atoms with E-state index in [2.05, 4.69) is 41.0 Å². The maximum absolute atomic E-state index is 12.4. The molecule has 1 aromatic heterocycles. The quantitative estimate of drug-likeness (QED) is 0.727. The highest BCUT2D eigenvalue weighted by atomic mass is 127. The lowest BCUT2D eigenvalue weighted by Crippen LogP contribution is -2.36. The second-order valence-corrected chi connectivity index (χ2v) is 6.84. The number of likely N-dealkylation sites (N-methyl/N-ethyl adjacent to an activating group) is 1. The van der Waals surface area contributed by atoms with Crippen LogP contribution in [0.1, 0.15) is 22.2 Å². The summed E-state index contributed by atoms with van der Waals surface area (Å²) in [4.78, 5) is 15.5. The van der Waals surface area contributed by atoms with E-state index in [9.17, 15) is 4.79 Å². The van der Waals surface area contributed by atoms with Crippen molar-refractivity contribution in [1.29, 1.82) is 0 Å². The Morgan fingerprint density at radius 2 is 2.16 bits per heavy atom. The fourth-order valence-corrected chi connectivity index (χ4v) is 3.25. The van der Waals surface area contributed by atoms with E-state index in [0.717, 1.165) is 15.6 Å². The topological polar surface area (TPSA) is 20.3 Å². The first-order valence-corrected chi connectivity index (χ1v) is 8.09. The third-order valence-electron chi connectivity index (χ3n) is 3.13. The third kappa shape index (κ3) is 3.79. The summed E-state index contributed by atoms with van der Waals surface area (Å²) < 4.78 is 1.09. The summed E-state index contributed by atoms with van der Waals surface area (Å²) >= 11 is 3.97. The van der Waals surface area contributed by atoms with Gasteiger partial charge in [0.05, 0.1) is 0 Å². The van der Waals surface area contributed by atoms with Crippen molar-refractivity contribution < 1.29 is 4.79 Å². The van der Waals surface area contributed by atoms with Crippen LogP contribution in [-0.4, -0.2) is 23.9 Å². The average Bonchev–Trinajstić information content (AvgIpc) is 2.89.